The molecule has 0 fully saturated rings. The van der Waals surface area contributed by atoms with Gasteiger partial charge in [-0.25, -0.2) is 13.6 Å². The van der Waals surface area contributed by atoms with Crippen LogP contribution in [-0.2, 0) is 15.8 Å². The van der Waals surface area contributed by atoms with E-state index in [0.717, 1.165) is 0 Å². The summed E-state index contributed by atoms with van der Waals surface area (Å²) in [6.07, 6.45) is 0. The fourth-order valence-electron chi connectivity index (χ4n) is 1.27. The Labute approximate surface area is 92.0 Å². The summed E-state index contributed by atoms with van der Waals surface area (Å²) in [7, 11) is -2.55. The van der Waals surface area contributed by atoms with Crippen molar-refractivity contribution in [3.8, 4) is 5.75 Å². The lowest BCUT2D eigenvalue weighted by Crippen LogP contribution is -2.15. The van der Waals surface area contributed by atoms with Crippen LogP contribution in [0.15, 0.2) is 18.2 Å². The molecule has 16 heavy (non-hydrogen) atoms. The zero-order valence-electron chi connectivity index (χ0n) is 8.41. The summed E-state index contributed by atoms with van der Waals surface area (Å²) in [4.78, 5) is 10.1. The van der Waals surface area contributed by atoms with Gasteiger partial charge in [0.05, 0.1) is 23.3 Å². The molecule has 0 saturated heterocycles. The molecule has 0 atom stereocenters. The van der Waals surface area contributed by atoms with Gasteiger partial charge in [0.2, 0.25) is 10.0 Å². The van der Waals surface area contributed by atoms with Crippen LogP contribution in [-0.4, -0.2) is 20.5 Å². The van der Waals surface area contributed by atoms with Crippen molar-refractivity contribution in [3.05, 3.63) is 33.9 Å². The third-order valence-corrected chi connectivity index (χ3v) is 2.56. The van der Waals surface area contributed by atoms with Crippen molar-refractivity contribution >= 4 is 15.7 Å². The highest BCUT2D eigenvalue weighted by Crippen LogP contribution is 2.31. The smallest absolute Gasteiger partial charge is 0.315 e. The number of sulfonamides is 1. The van der Waals surface area contributed by atoms with Gasteiger partial charge in [-0.2, -0.15) is 0 Å². The van der Waals surface area contributed by atoms with E-state index < -0.39 is 20.7 Å². The molecule has 88 valence electrons. The molecular weight excluding hydrogens is 236 g/mol. The molecule has 7 nitrogen and oxygen atoms in total. The van der Waals surface area contributed by atoms with Crippen molar-refractivity contribution in [1.29, 1.82) is 0 Å². The van der Waals surface area contributed by atoms with Crippen LogP contribution in [0.25, 0.3) is 0 Å². The van der Waals surface area contributed by atoms with Gasteiger partial charge in [-0.3, -0.25) is 10.1 Å². The van der Waals surface area contributed by atoms with Gasteiger partial charge in [0, 0.05) is 0 Å². The van der Waals surface area contributed by atoms with Crippen LogP contribution < -0.4 is 9.88 Å². The van der Waals surface area contributed by atoms with Crippen LogP contribution >= 0.6 is 0 Å². The summed E-state index contributed by atoms with van der Waals surface area (Å²) >= 11 is 0. The molecule has 8 heteroatoms. The highest BCUT2D eigenvalue weighted by molar-refractivity contribution is 7.88. The lowest BCUT2D eigenvalue weighted by Gasteiger charge is -2.05. The van der Waals surface area contributed by atoms with Gasteiger partial charge in [0.15, 0.2) is 5.75 Å². The topological polar surface area (TPSA) is 113 Å². The van der Waals surface area contributed by atoms with E-state index in [9.17, 15) is 18.5 Å². The predicted octanol–water partition coefficient (Wildman–Crippen LogP) is 0.392. The predicted molar refractivity (Wildman–Crippen MR) is 56.5 cm³/mol. The van der Waals surface area contributed by atoms with Gasteiger partial charge in [-0.1, -0.05) is 12.1 Å². The molecule has 2 N–H and O–H groups in total. The highest BCUT2D eigenvalue weighted by Gasteiger charge is 2.22. The maximum Gasteiger partial charge on any atom is 0.315 e. The first-order valence-corrected chi connectivity index (χ1v) is 5.87. The van der Waals surface area contributed by atoms with Crippen LogP contribution in [0.4, 0.5) is 5.69 Å². The fourth-order valence-corrected chi connectivity index (χ4v) is 1.94. The zero-order valence-corrected chi connectivity index (χ0v) is 9.23. The monoisotopic (exact) mass is 246 g/mol. The van der Waals surface area contributed by atoms with Gasteiger partial charge in [-0.15, -0.1) is 0 Å². The Bertz CT molecular complexity index is 511. The number of nitro benzene ring substituents is 1. The van der Waals surface area contributed by atoms with Crippen molar-refractivity contribution in [2.45, 2.75) is 5.75 Å². The second-order valence-electron chi connectivity index (χ2n) is 3.03. The average Bonchev–Trinajstić information content (AvgIpc) is 2.14. The molecule has 1 aromatic carbocycles. The van der Waals surface area contributed by atoms with Gasteiger partial charge in [0.25, 0.3) is 0 Å². The molecule has 0 aromatic heterocycles. The molecular formula is C8H10N2O5S. The first-order chi connectivity index (χ1) is 7.35. The van der Waals surface area contributed by atoms with Crippen LogP contribution in [0.2, 0.25) is 0 Å². The van der Waals surface area contributed by atoms with E-state index in [0.29, 0.717) is 0 Å². The first-order valence-electron chi connectivity index (χ1n) is 4.16. The quantitative estimate of drug-likeness (QED) is 0.610. The second-order valence-corrected chi connectivity index (χ2v) is 4.65. The standard InChI is InChI=1S/C8H10N2O5S/c1-15-7-4-2-3-6(5-16(9,13)14)8(7)10(11)12/h2-4H,5H2,1H3,(H2,9,13,14). The van der Waals surface area contributed by atoms with E-state index in [-0.39, 0.29) is 17.0 Å². The summed E-state index contributed by atoms with van der Waals surface area (Å²) in [6, 6.07) is 4.17. The molecule has 1 aromatic rings. The maximum atomic E-state index is 10.9. The van der Waals surface area contributed by atoms with E-state index in [1.165, 1.54) is 25.3 Å². The summed E-state index contributed by atoms with van der Waals surface area (Å²) < 4.78 is 26.6. The molecule has 0 heterocycles. The second kappa shape index (κ2) is 4.45. The SMILES string of the molecule is COc1cccc(CS(N)(=O)=O)c1[N+](=O)[O-]. The Morgan fingerprint density at radius 1 is 1.50 bits per heavy atom. The largest absolute Gasteiger partial charge is 0.490 e. The molecule has 1 rings (SSSR count). The number of nitro groups is 1. The summed E-state index contributed by atoms with van der Waals surface area (Å²) in [6.45, 7) is 0. The molecule has 0 aliphatic heterocycles. The molecule has 0 aliphatic carbocycles. The minimum atomic E-state index is -3.82. The summed E-state index contributed by atoms with van der Waals surface area (Å²) in [5, 5.41) is 15.6. The van der Waals surface area contributed by atoms with Gasteiger partial charge in [0.1, 0.15) is 0 Å². The Balaban J connectivity index is 3.33. The van der Waals surface area contributed by atoms with Crippen LogP contribution in [0.5, 0.6) is 5.75 Å². The summed E-state index contributed by atoms with van der Waals surface area (Å²) in [5.41, 5.74) is -0.370. The van der Waals surface area contributed by atoms with Gasteiger partial charge < -0.3 is 4.74 Å². The minimum Gasteiger partial charge on any atom is -0.490 e. The number of primary sulfonamides is 1. The third kappa shape index (κ3) is 2.91. The van der Waals surface area contributed by atoms with Crippen molar-refractivity contribution in [1.82, 2.24) is 0 Å². The Kier molecular flexibility index (Phi) is 3.45. The fraction of sp³-hybridized carbons (Fsp3) is 0.250. The third-order valence-electron chi connectivity index (χ3n) is 1.84. The van der Waals surface area contributed by atoms with Gasteiger partial charge >= 0.3 is 5.69 Å². The van der Waals surface area contributed by atoms with Crippen molar-refractivity contribution in [2.24, 2.45) is 5.14 Å². The van der Waals surface area contributed by atoms with Crippen LogP contribution in [0.3, 0.4) is 0 Å². The Morgan fingerprint density at radius 2 is 2.12 bits per heavy atom. The number of nitrogens with two attached hydrogens (primary N) is 1. The van der Waals surface area contributed by atoms with E-state index in [4.69, 9.17) is 9.88 Å². The van der Waals surface area contributed by atoms with E-state index in [2.05, 4.69) is 0 Å². The van der Waals surface area contributed by atoms with Crippen LogP contribution in [0, 0.1) is 10.1 Å². The lowest BCUT2D eigenvalue weighted by atomic mass is 10.2. The Hall–Kier alpha value is -1.67. The number of benzene rings is 1. The number of ether oxygens (including phenoxy) is 1. The van der Waals surface area contributed by atoms with Crippen molar-refractivity contribution in [2.75, 3.05) is 7.11 Å². The normalized spacial score (nSPS) is 11.1. The molecule has 0 saturated carbocycles. The number of rotatable bonds is 4. The molecule has 0 spiro atoms. The number of methoxy groups -OCH3 is 1. The van der Waals surface area contributed by atoms with Gasteiger partial charge in [-0.05, 0) is 6.07 Å². The minimum absolute atomic E-state index is 0.00569. The highest BCUT2D eigenvalue weighted by atomic mass is 32.2. The van der Waals surface area contributed by atoms with Crippen molar-refractivity contribution < 1.29 is 18.1 Å². The average molecular weight is 246 g/mol. The molecule has 0 aliphatic rings. The van der Waals surface area contributed by atoms with Crippen LogP contribution in [0.1, 0.15) is 5.56 Å². The summed E-state index contributed by atoms with van der Waals surface area (Å²) in [5.74, 6) is -0.591. The maximum absolute atomic E-state index is 10.9. The van der Waals surface area contributed by atoms with E-state index in [1.54, 1.807) is 0 Å². The number of hydrogen-bond acceptors (Lipinski definition) is 5. The number of para-hydroxylation sites is 1. The molecule has 0 amide bonds. The van der Waals surface area contributed by atoms with E-state index >= 15 is 0 Å². The molecule has 0 unspecified atom stereocenters. The molecule has 0 bridgehead atoms. The number of nitrogens with zero attached hydrogens (tertiary/aromatic N) is 1. The van der Waals surface area contributed by atoms with E-state index in [1.807, 2.05) is 0 Å². The van der Waals surface area contributed by atoms with Crippen molar-refractivity contribution in [3.63, 3.8) is 0 Å². The zero-order chi connectivity index (χ0) is 12.3. The molecule has 0 radical (unpaired) electrons. The number of hydrogen-bond donors (Lipinski definition) is 1. The Morgan fingerprint density at radius 3 is 2.56 bits per heavy atom. The lowest BCUT2D eigenvalue weighted by molar-refractivity contribution is -0.386. The first kappa shape index (κ1) is 12.4.